The Hall–Kier alpha value is -0.670. The Morgan fingerprint density at radius 3 is 2.69 bits per heavy atom. The van der Waals surface area contributed by atoms with Gasteiger partial charge in [0.2, 0.25) is 0 Å². The highest BCUT2D eigenvalue weighted by molar-refractivity contribution is 7.80. The first-order valence-corrected chi connectivity index (χ1v) is 4.81. The Labute approximate surface area is 84.5 Å². The molecule has 1 aromatic carbocycles. The van der Waals surface area contributed by atoms with E-state index in [9.17, 15) is 0 Å². The summed E-state index contributed by atoms with van der Waals surface area (Å²) in [4.78, 5) is 0. The Morgan fingerprint density at radius 2 is 2.23 bits per heavy atom. The Balaban J connectivity index is 3.05. The van der Waals surface area contributed by atoms with Gasteiger partial charge in [0.05, 0.1) is 12.5 Å². The second-order valence-corrected chi connectivity index (χ2v) is 3.43. The maximum Gasteiger partial charge on any atom is 0.122 e. The predicted molar refractivity (Wildman–Crippen MR) is 58.3 cm³/mol. The predicted octanol–water partition coefficient (Wildman–Crippen LogP) is 2.14. The molecular formula is C10H15NOS. The molecule has 0 saturated carbocycles. The average molecular weight is 197 g/mol. The number of aryl methyl sites for hydroxylation is 1. The van der Waals surface area contributed by atoms with Crippen LogP contribution in [0.3, 0.4) is 0 Å². The molecule has 1 aromatic rings. The monoisotopic (exact) mass is 197 g/mol. The lowest BCUT2D eigenvalue weighted by molar-refractivity contribution is 0.410. The SMILES string of the molecule is CCc1cc(C(N)S)ccc1OC. The second-order valence-electron chi connectivity index (χ2n) is 2.87. The third-order valence-corrected chi connectivity index (χ3v) is 2.33. The molecule has 0 aliphatic rings. The second kappa shape index (κ2) is 4.53. The van der Waals surface area contributed by atoms with Crippen LogP contribution in [0.2, 0.25) is 0 Å². The number of hydrogen-bond acceptors (Lipinski definition) is 3. The molecule has 1 atom stereocenters. The molecule has 0 bridgehead atoms. The highest BCUT2D eigenvalue weighted by Crippen LogP contribution is 2.23. The number of ether oxygens (including phenoxy) is 1. The summed E-state index contributed by atoms with van der Waals surface area (Å²) in [6, 6.07) is 5.91. The zero-order valence-corrected chi connectivity index (χ0v) is 8.84. The molecule has 1 unspecified atom stereocenters. The van der Waals surface area contributed by atoms with E-state index < -0.39 is 0 Å². The summed E-state index contributed by atoms with van der Waals surface area (Å²) < 4.78 is 5.21. The van der Waals surface area contributed by atoms with Gasteiger partial charge in [0.1, 0.15) is 5.75 Å². The summed E-state index contributed by atoms with van der Waals surface area (Å²) in [6.45, 7) is 2.09. The highest BCUT2D eigenvalue weighted by atomic mass is 32.1. The summed E-state index contributed by atoms with van der Waals surface area (Å²) >= 11 is 4.17. The van der Waals surface area contributed by atoms with Gasteiger partial charge in [-0.15, -0.1) is 0 Å². The van der Waals surface area contributed by atoms with E-state index in [1.807, 2.05) is 18.2 Å². The molecule has 0 aromatic heterocycles. The van der Waals surface area contributed by atoms with Crippen molar-refractivity contribution in [3.63, 3.8) is 0 Å². The molecule has 0 amide bonds. The molecule has 0 radical (unpaired) electrons. The zero-order valence-electron chi connectivity index (χ0n) is 7.95. The van der Waals surface area contributed by atoms with Crippen LogP contribution in [0.15, 0.2) is 18.2 Å². The quantitative estimate of drug-likeness (QED) is 0.575. The molecule has 0 fully saturated rings. The van der Waals surface area contributed by atoms with E-state index >= 15 is 0 Å². The minimum absolute atomic E-state index is 0.212. The van der Waals surface area contributed by atoms with Crippen molar-refractivity contribution in [2.24, 2.45) is 5.73 Å². The van der Waals surface area contributed by atoms with E-state index in [0.29, 0.717) is 0 Å². The lowest BCUT2D eigenvalue weighted by atomic mass is 10.1. The third kappa shape index (κ3) is 2.39. The third-order valence-electron chi connectivity index (χ3n) is 2.03. The van der Waals surface area contributed by atoms with Gasteiger partial charge in [0.25, 0.3) is 0 Å². The standard InChI is InChI=1S/C10H15NOS/c1-3-7-6-8(10(11)13)4-5-9(7)12-2/h4-6,10,13H,3,11H2,1-2H3. The van der Waals surface area contributed by atoms with Gasteiger partial charge < -0.3 is 10.5 Å². The minimum atomic E-state index is -0.212. The van der Waals surface area contributed by atoms with Crippen LogP contribution in [0, 0.1) is 0 Å². The first-order valence-electron chi connectivity index (χ1n) is 4.29. The molecule has 1 rings (SSSR count). The smallest absolute Gasteiger partial charge is 0.122 e. The molecule has 13 heavy (non-hydrogen) atoms. The molecule has 72 valence electrons. The van der Waals surface area contributed by atoms with Gasteiger partial charge in [-0.25, -0.2) is 0 Å². The number of hydrogen-bond donors (Lipinski definition) is 2. The van der Waals surface area contributed by atoms with Gasteiger partial charge in [-0.1, -0.05) is 13.0 Å². The first-order chi connectivity index (χ1) is 6.19. The van der Waals surface area contributed by atoms with E-state index in [1.54, 1.807) is 7.11 Å². The number of nitrogens with two attached hydrogens (primary N) is 1. The summed E-state index contributed by atoms with van der Waals surface area (Å²) in [5.41, 5.74) is 7.85. The fourth-order valence-corrected chi connectivity index (χ4v) is 1.42. The van der Waals surface area contributed by atoms with Gasteiger partial charge in [-0.3, -0.25) is 0 Å². The summed E-state index contributed by atoms with van der Waals surface area (Å²) in [7, 11) is 1.68. The minimum Gasteiger partial charge on any atom is -0.496 e. The van der Waals surface area contributed by atoms with Crippen LogP contribution < -0.4 is 10.5 Å². The Morgan fingerprint density at radius 1 is 1.54 bits per heavy atom. The van der Waals surface area contributed by atoms with Crippen LogP contribution >= 0.6 is 12.6 Å². The van der Waals surface area contributed by atoms with Gasteiger partial charge in [0.15, 0.2) is 0 Å². The first kappa shape index (κ1) is 10.4. The van der Waals surface area contributed by atoms with Crippen molar-refractivity contribution in [3.05, 3.63) is 29.3 Å². The van der Waals surface area contributed by atoms with Crippen molar-refractivity contribution in [1.29, 1.82) is 0 Å². The van der Waals surface area contributed by atoms with E-state index in [4.69, 9.17) is 10.5 Å². The van der Waals surface area contributed by atoms with E-state index in [0.717, 1.165) is 17.7 Å². The average Bonchev–Trinajstić information content (AvgIpc) is 2.16. The van der Waals surface area contributed by atoms with E-state index in [-0.39, 0.29) is 5.37 Å². The topological polar surface area (TPSA) is 35.2 Å². The fourth-order valence-electron chi connectivity index (χ4n) is 1.26. The maximum atomic E-state index is 5.65. The van der Waals surface area contributed by atoms with Crippen LogP contribution in [0.5, 0.6) is 5.75 Å². The van der Waals surface area contributed by atoms with E-state index in [1.165, 1.54) is 5.56 Å². The molecule has 2 nitrogen and oxygen atoms in total. The fraction of sp³-hybridized carbons (Fsp3) is 0.400. The molecule has 0 spiro atoms. The molecule has 3 heteroatoms. The van der Waals surface area contributed by atoms with Crippen molar-refractivity contribution in [3.8, 4) is 5.75 Å². The highest BCUT2D eigenvalue weighted by Gasteiger charge is 2.05. The van der Waals surface area contributed by atoms with Gasteiger partial charge >= 0.3 is 0 Å². The summed E-state index contributed by atoms with van der Waals surface area (Å²) in [6.07, 6.45) is 0.942. The Bertz CT molecular complexity index is 286. The van der Waals surface area contributed by atoms with Crippen LogP contribution in [0.4, 0.5) is 0 Å². The molecule has 0 aliphatic carbocycles. The Kier molecular flexibility index (Phi) is 3.63. The number of methoxy groups -OCH3 is 1. The molecule has 0 saturated heterocycles. The number of thiol groups is 1. The van der Waals surface area contributed by atoms with Crippen molar-refractivity contribution < 1.29 is 4.74 Å². The van der Waals surface area contributed by atoms with E-state index in [2.05, 4.69) is 19.6 Å². The van der Waals surface area contributed by atoms with Crippen LogP contribution in [0.25, 0.3) is 0 Å². The van der Waals surface area contributed by atoms with Crippen molar-refractivity contribution in [2.75, 3.05) is 7.11 Å². The lowest BCUT2D eigenvalue weighted by Gasteiger charge is -2.10. The van der Waals surface area contributed by atoms with Crippen molar-refractivity contribution in [2.45, 2.75) is 18.7 Å². The maximum absolute atomic E-state index is 5.65. The lowest BCUT2D eigenvalue weighted by Crippen LogP contribution is -2.03. The molecular weight excluding hydrogens is 182 g/mol. The van der Waals surface area contributed by atoms with Crippen molar-refractivity contribution in [1.82, 2.24) is 0 Å². The van der Waals surface area contributed by atoms with Crippen LogP contribution in [-0.2, 0) is 6.42 Å². The number of rotatable bonds is 3. The summed E-state index contributed by atoms with van der Waals surface area (Å²) in [5, 5.41) is -0.212. The van der Waals surface area contributed by atoms with Crippen LogP contribution in [-0.4, -0.2) is 7.11 Å². The molecule has 0 heterocycles. The molecule has 0 aliphatic heterocycles. The molecule has 2 N–H and O–H groups in total. The van der Waals surface area contributed by atoms with Crippen molar-refractivity contribution >= 4 is 12.6 Å². The van der Waals surface area contributed by atoms with Gasteiger partial charge in [-0.05, 0) is 29.7 Å². The van der Waals surface area contributed by atoms with Gasteiger partial charge in [0, 0.05) is 0 Å². The normalized spacial score (nSPS) is 12.6. The largest absolute Gasteiger partial charge is 0.496 e. The van der Waals surface area contributed by atoms with Gasteiger partial charge in [-0.2, -0.15) is 12.6 Å². The summed E-state index contributed by atoms with van der Waals surface area (Å²) in [5.74, 6) is 0.917. The van der Waals surface area contributed by atoms with Crippen LogP contribution in [0.1, 0.15) is 23.4 Å². The zero-order chi connectivity index (χ0) is 9.84. The number of benzene rings is 1.